The molecule has 1 aliphatic heterocycles. The molecular weight excluding hydrogens is 376 g/mol. The molecule has 1 saturated carbocycles. The molecule has 152 valence electrons. The van der Waals surface area contributed by atoms with Crippen LogP contribution < -0.4 is 5.73 Å². The second-order valence-corrected chi connectivity index (χ2v) is 8.19. The van der Waals surface area contributed by atoms with Gasteiger partial charge in [-0.1, -0.05) is 31.0 Å². The van der Waals surface area contributed by atoms with Crippen LogP contribution in [0.5, 0.6) is 0 Å². The molecule has 1 aliphatic carbocycles. The number of fused-ring (bicyclic) bond motifs is 1. The second-order valence-electron chi connectivity index (χ2n) is 8.19. The van der Waals surface area contributed by atoms with Crippen molar-refractivity contribution in [1.29, 1.82) is 0 Å². The number of rotatable bonds is 2. The summed E-state index contributed by atoms with van der Waals surface area (Å²) in [7, 11) is 0. The van der Waals surface area contributed by atoms with Crippen molar-refractivity contribution < 1.29 is 9.59 Å². The smallest absolute Gasteiger partial charge is 0.270 e. The van der Waals surface area contributed by atoms with Crippen LogP contribution in [0.1, 0.15) is 43.1 Å². The highest BCUT2D eigenvalue weighted by Crippen LogP contribution is 2.33. The van der Waals surface area contributed by atoms with Crippen molar-refractivity contribution in [2.45, 2.75) is 38.1 Å². The summed E-state index contributed by atoms with van der Waals surface area (Å²) in [5.74, 6) is 0.0687. The van der Waals surface area contributed by atoms with Crippen LogP contribution in [0.3, 0.4) is 0 Å². The molecule has 1 aromatic heterocycles. The molecule has 2 atom stereocenters. The number of nitrogens with one attached hydrogen (secondary N) is 1. The van der Waals surface area contributed by atoms with Crippen LogP contribution >= 0.6 is 12.4 Å². The fourth-order valence-electron chi connectivity index (χ4n) is 4.47. The zero-order valence-corrected chi connectivity index (χ0v) is 17.1. The van der Waals surface area contributed by atoms with Gasteiger partial charge in [0.15, 0.2) is 0 Å². The van der Waals surface area contributed by atoms with Crippen LogP contribution in [0.25, 0.3) is 10.9 Å². The number of halogens is 1. The number of aromatic amines is 1. The summed E-state index contributed by atoms with van der Waals surface area (Å²) < 4.78 is 0. The van der Waals surface area contributed by atoms with E-state index in [1.165, 1.54) is 0 Å². The van der Waals surface area contributed by atoms with Gasteiger partial charge in [-0.25, -0.2) is 0 Å². The topological polar surface area (TPSA) is 82.4 Å². The van der Waals surface area contributed by atoms with E-state index >= 15 is 0 Å². The summed E-state index contributed by atoms with van der Waals surface area (Å²) in [6, 6.07) is 9.78. The molecule has 0 radical (unpaired) electrons. The number of para-hydroxylation sites is 1. The van der Waals surface area contributed by atoms with E-state index in [1.54, 1.807) is 0 Å². The number of H-pyrrole nitrogens is 1. The number of amides is 2. The molecule has 1 saturated heterocycles. The number of benzene rings is 1. The molecule has 0 spiro atoms. The summed E-state index contributed by atoms with van der Waals surface area (Å²) in [6.45, 7) is 4.29. The highest BCUT2D eigenvalue weighted by molar-refractivity contribution is 5.98. The number of carbonyl (C=O) groups excluding carboxylic acids is 2. The van der Waals surface area contributed by atoms with Crippen molar-refractivity contribution in [1.82, 2.24) is 14.8 Å². The van der Waals surface area contributed by atoms with Crippen molar-refractivity contribution in [3.05, 3.63) is 36.0 Å². The van der Waals surface area contributed by atoms with E-state index in [0.29, 0.717) is 31.9 Å². The van der Waals surface area contributed by atoms with Crippen molar-refractivity contribution in [2.24, 2.45) is 11.7 Å². The van der Waals surface area contributed by atoms with Gasteiger partial charge in [0.25, 0.3) is 5.91 Å². The summed E-state index contributed by atoms with van der Waals surface area (Å²) in [5, 5.41) is 1.04. The van der Waals surface area contributed by atoms with Crippen molar-refractivity contribution >= 4 is 35.1 Å². The highest BCUT2D eigenvalue weighted by Gasteiger charge is 2.40. The lowest BCUT2D eigenvalue weighted by Crippen LogP contribution is -2.57. The van der Waals surface area contributed by atoms with Gasteiger partial charge >= 0.3 is 0 Å². The van der Waals surface area contributed by atoms with Gasteiger partial charge in [-0.05, 0) is 31.9 Å². The third-order valence-corrected chi connectivity index (χ3v) is 6.19. The van der Waals surface area contributed by atoms with E-state index < -0.39 is 5.54 Å². The van der Waals surface area contributed by atoms with Gasteiger partial charge in [0.05, 0.1) is 5.92 Å². The van der Waals surface area contributed by atoms with Crippen LogP contribution in [0, 0.1) is 5.92 Å². The van der Waals surface area contributed by atoms with E-state index in [-0.39, 0.29) is 30.1 Å². The standard InChI is InChI=1S/C21H28N4O2.ClH/c1-21(22)9-5-4-7-16(21)19(26)24-10-12-25(13-11-24)20(27)18-14-15-6-2-3-8-17(15)23-18;/h2-3,6,8,14,16,23H,4-5,7,9-13,22H2,1H3;1H. The average molecular weight is 405 g/mol. The van der Waals surface area contributed by atoms with Crippen LogP contribution in [0.4, 0.5) is 0 Å². The summed E-state index contributed by atoms with van der Waals surface area (Å²) >= 11 is 0. The van der Waals surface area contributed by atoms with Gasteiger partial charge in [-0.2, -0.15) is 0 Å². The molecule has 6 nitrogen and oxygen atoms in total. The number of hydrogen-bond acceptors (Lipinski definition) is 3. The molecular formula is C21H29ClN4O2. The summed E-state index contributed by atoms with van der Waals surface area (Å²) in [5.41, 5.74) is 7.57. The first-order valence-electron chi connectivity index (χ1n) is 9.90. The minimum absolute atomic E-state index is 0. The maximum Gasteiger partial charge on any atom is 0.270 e. The van der Waals surface area contributed by atoms with Crippen LogP contribution in [-0.2, 0) is 4.79 Å². The molecule has 2 aliphatic rings. The van der Waals surface area contributed by atoms with Gasteiger partial charge in [0, 0.05) is 42.6 Å². The number of nitrogens with two attached hydrogens (primary N) is 1. The Labute approximate surface area is 171 Å². The molecule has 3 N–H and O–H groups in total. The maximum absolute atomic E-state index is 13.0. The van der Waals surface area contributed by atoms with E-state index in [2.05, 4.69) is 4.98 Å². The zero-order valence-electron chi connectivity index (χ0n) is 16.3. The van der Waals surface area contributed by atoms with Crippen LogP contribution in [0.15, 0.2) is 30.3 Å². The predicted octanol–water partition coefficient (Wildman–Crippen LogP) is 2.78. The molecule has 2 aromatic rings. The van der Waals surface area contributed by atoms with E-state index in [9.17, 15) is 9.59 Å². The van der Waals surface area contributed by atoms with Crippen molar-refractivity contribution in [3.63, 3.8) is 0 Å². The molecule has 7 heteroatoms. The molecule has 28 heavy (non-hydrogen) atoms. The molecule has 2 heterocycles. The molecule has 0 bridgehead atoms. The lowest BCUT2D eigenvalue weighted by Gasteiger charge is -2.42. The quantitative estimate of drug-likeness (QED) is 0.807. The fourth-order valence-corrected chi connectivity index (χ4v) is 4.47. The van der Waals surface area contributed by atoms with Gasteiger partial charge < -0.3 is 20.5 Å². The molecule has 1 aromatic carbocycles. The first-order chi connectivity index (χ1) is 13.0. The van der Waals surface area contributed by atoms with E-state index in [4.69, 9.17) is 5.73 Å². The lowest BCUT2D eigenvalue weighted by molar-refractivity contribution is -0.140. The maximum atomic E-state index is 13.0. The van der Waals surface area contributed by atoms with Gasteiger partial charge in [-0.15, -0.1) is 12.4 Å². The Balaban J connectivity index is 0.00000225. The van der Waals surface area contributed by atoms with E-state index in [0.717, 1.165) is 36.6 Å². The predicted molar refractivity (Wildman–Crippen MR) is 113 cm³/mol. The van der Waals surface area contributed by atoms with Gasteiger partial charge in [0.1, 0.15) is 5.69 Å². The lowest BCUT2D eigenvalue weighted by atomic mass is 9.74. The second kappa shape index (κ2) is 8.13. The third kappa shape index (κ3) is 3.89. The number of nitrogens with zero attached hydrogens (tertiary/aromatic N) is 2. The molecule has 2 fully saturated rings. The first kappa shape index (κ1) is 20.7. The number of carbonyl (C=O) groups is 2. The molecule has 2 amide bonds. The number of hydrogen-bond donors (Lipinski definition) is 2. The Hall–Kier alpha value is -2.05. The van der Waals surface area contributed by atoms with Crippen molar-refractivity contribution in [2.75, 3.05) is 26.2 Å². The monoisotopic (exact) mass is 404 g/mol. The Morgan fingerprint density at radius 2 is 1.79 bits per heavy atom. The third-order valence-electron chi connectivity index (χ3n) is 6.19. The Bertz CT molecular complexity index is 822. The fraction of sp³-hybridized carbons (Fsp3) is 0.524. The molecule has 2 unspecified atom stereocenters. The molecule has 4 rings (SSSR count). The summed E-state index contributed by atoms with van der Waals surface area (Å²) in [4.78, 5) is 32.7. The Morgan fingerprint density at radius 1 is 1.11 bits per heavy atom. The number of aromatic nitrogens is 1. The van der Waals surface area contributed by atoms with Gasteiger partial charge in [0.2, 0.25) is 5.91 Å². The highest BCUT2D eigenvalue weighted by atomic mass is 35.5. The normalized spacial score (nSPS) is 25.4. The largest absolute Gasteiger partial charge is 0.351 e. The zero-order chi connectivity index (χ0) is 19.0. The Morgan fingerprint density at radius 3 is 2.46 bits per heavy atom. The minimum atomic E-state index is -0.410. The van der Waals surface area contributed by atoms with Crippen molar-refractivity contribution in [3.8, 4) is 0 Å². The Kier molecular flexibility index (Phi) is 6.01. The van der Waals surface area contributed by atoms with Gasteiger partial charge in [-0.3, -0.25) is 9.59 Å². The average Bonchev–Trinajstić information content (AvgIpc) is 3.11. The van der Waals surface area contributed by atoms with E-state index in [1.807, 2.05) is 47.1 Å². The van der Waals surface area contributed by atoms with Crippen LogP contribution in [0.2, 0.25) is 0 Å². The summed E-state index contributed by atoms with van der Waals surface area (Å²) in [6.07, 6.45) is 3.95. The number of piperazine rings is 1. The van der Waals surface area contributed by atoms with Crippen LogP contribution in [-0.4, -0.2) is 58.3 Å². The SMILES string of the molecule is CC1(N)CCCCC1C(=O)N1CCN(C(=O)c2cc3ccccc3[nH]2)CC1.Cl. The minimum Gasteiger partial charge on any atom is -0.351 e. The first-order valence-corrected chi connectivity index (χ1v) is 9.90.